The van der Waals surface area contributed by atoms with E-state index in [1.54, 1.807) is 48.5 Å². The molecule has 3 nitrogen and oxygen atoms in total. The molecule has 1 N–H and O–H groups in total. The van der Waals surface area contributed by atoms with Gasteiger partial charge in [0.1, 0.15) is 0 Å². The molecule has 0 aliphatic carbocycles. The molecule has 0 radical (unpaired) electrons. The smallest absolute Gasteiger partial charge is 0.335 e. The van der Waals surface area contributed by atoms with E-state index in [1.165, 1.54) is 0 Å². The van der Waals surface area contributed by atoms with E-state index in [1.807, 2.05) is 0 Å². The number of benzene rings is 2. The summed E-state index contributed by atoms with van der Waals surface area (Å²) in [5.41, 5.74) is 1.20. The Morgan fingerprint density at radius 2 is 1.75 bits per heavy atom. The van der Waals surface area contributed by atoms with Crippen LogP contribution in [0.2, 0.25) is 5.02 Å². The molecule has 0 saturated carbocycles. The highest BCUT2D eigenvalue weighted by atomic mass is 35.5. The molecule has 2 aromatic rings. The average molecular weight is 309 g/mol. The Morgan fingerprint density at radius 1 is 1.10 bits per heavy atom. The number of carboxylic acids is 1. The summed E-state index contributed by atoms with van der Waals surface area (Å²) in [6.45, 7) is 0. The Bertz CT molecular complexity index is 638. The first-order valence-corrected chi connectivity index (χ1v) is 7.73. The first-order valence-electron chi connectivity index (χ1n) is 6.03. The number of hydrogen-bond donors (Lipinski definition) is 1. The molecule has 2 aromatic carbocycles. The third-order valence-corrected chi connectivity index (χ3v) is 4.72. The SMILES string of the molecule is O=C(O)c1ccc(CCS(=O)c2ccccc2Cl)cc1. The number of carboxylic acid groups (broad SMARTS) is 1. The maximum atomic E-state index is 12.1. The van der Waals surface area contributed by atoms with Gasteiger partial charge in [0.05, 0.1) is 26.3 Å². The van der Waals surface area contributed by atoms with Crippen LogP contribution in [-0.4, -0.2) is 21.0 Å². The molecule has 0 amide bonds. The van der Waals surface area contributed by atoms with Crippen molar-refractivity contribution in [1.82, 2.24) is 0 Å². The standard InChI is InChI=1S/C15H13ClO3S/c16-13-3-1-2-4-14(13)20(19)10-9-11-5-7-12(8-6-11)15(17)18/h1-8H,9-10H2,(H,17,18). The largest absolute Gasteiger partial charge is 0.478 e. The second kappa shape index (κ2) is 6.68. The highest BCUT2D eigenvalue weighted by Crippen LogP contribution is 2.19. The minimum Gasteiger partial charge on any atom is -0.478 e. The molecule has 0 aromatic heterocycles. The van der Waals surface area contributed by atoms with E-state index < -0.39 is 16.8 Å². The predicted octanol–water partition coefficient (Wildman–Crippen LogP) is 3.39. The average Bonchev–Trinajstić information content (AvgIpc) is 2.45. The summed E-state index contributed by atoms with van der Waals surface area (Å²) < 4.78 is 12.1. The van der Waals surface area contributed by atoms with Crippen LogP contribution >= 0.6 is 11.6 Å². The lowest BCUT2D eigenvalue weighted by Crippen LogP contribution is -2.03. The highest BCUT2D eigenvalue weighted by molar-refractivity contribution is 7.85. The van der Waals surface area contributed by atoms with E-state index in [0.717, 1.165) is 5.56 Å². The molecule has 1 unspecified atom stereocenters. The minimum absolute atomic E-state index is 0.251. The number of halogens is 1. The monoisotopic (exact) mass is 308 g/mol. The van der Waals surface area contributed by atoms with Gasteiger partial charge in [-0.15, -0.1) is 0 Å². The van der Waals surface area contributed by atoms with Crippen molar-refractivity contribution in [2.24, 2.45) is 0 Å². The number of aryl methyl sites for hydroxylation is 1. The van der Waals surface area contributed by atoms with Crippen LogP contribution in [0.5, 0.6) is 0 Å². The van der Waals surface area contributed by atoms with Crippen molar-refractivity contribution in [3.63, 3.8) is 0 Å². The van der Waals surface area contributed by atoms with Gasteiger partial charge in [-0.1, -0.05) is 35.9 Å². The van der Waals surface area contributed by atoms with Gasteiger partial charge in [-0.25, -0.2) is 4.79 Å². The maximum Gasteiger partial charge on any atom is 0.335 e. The molecule has 0 saturated heterocycles. The van der Waals surface area contributed by atoms with E-state index in [4.69, 9.17) is 16.7 Å². The number of aromatic carboxylic acids is 1. The third kappa shape index (κ3) is 3.68. The van der Waals surface area contributed by atoms with Gasteiger partial charge in [0.2, 0.25) is 0 Å². The van der Waals surface area contributed by atoms with Crippen molar-refractivity contribution in [3.05, 3.63) is 64.7 Å². The van der Waals surface area contributed by atoms with E-state index >= 15 is 0 Å². The molecule has 0 aliphatic heterocycles. The zero-order valence-corrected chi connectivity index (χ0v) is 12.2. The van der Waals surface area contributed by atoms with Crippen LogP contribution in [0.4, 0.5) is 0 Å². The molecule has 2 rings (SSSR count). The van der Waals surface area contributed by atoms with E-state index in [9.17, 15) is 9.00 Å². The summed E-state index contributed by atoms with van der Waals surface area (Å²) in [7, 11) is -1.16. The van der Waals surface area contributed by atoms with Gasteiger partial charge in [-0.3, -0.25) is 4.21 Å². The second-order valence-corrected chi connectivity index (χ2v) is 6.18. The molecule has 5 heteroatoms. The van der Waals surface area contributed by atoms with Gasteiger partial charge in [0, 0.05) is 5.75 Å². The molecule has 0 spiro atoms. The Morgan fingerprint density at radius 3 is 2.35 bits per heavy atom. The summed E-state index contributed by atoms with van der Waals surface area (Å²) in [6, 6.07) is 13.7. The Balaban J connectivity index is 2.00. The first-order chi connectivity index (χ1) is 9.58. The minimum atomic E-state index is -1.16. The molecule has 0 heterocycles. The van der Waals surface area contributed by atoms with Gasteiger partial charge in [-0.2, -0.15) is 0 Å². The normalized spacial score (nSPS) is 12.1. The van der Waals surface area contributed by atoms with Crippen molar-refractivity contribution in [2.75, 3.05) is 5.75 Å². The fraction of sp³-hybridized carbons (Fsp3) is 0.133. The molecule has 0 bridgehead atoms. The highest BCUT2D eigenvalue weighted by Gasteiger charge is 2.08. The fourth-order valence-electron chi connectivity index (χ4n) is 1.76. The van der Waals surface area contributed by atoms with Crippen molar-refractivity contribution in [2.45, 2.75) is 11.3 Å². The topological polar surface area (TPSA) is 54.4 Å². The molecule has 20 heavy (non-hydrogen) atoms. The van der Waals surface area contributed by atoms with E-state index in [2.05, 4.69) is 0 Å². The maximum absolute atomic E-state index is 12.1. The number of hydrogen-bond acceptors (Lipinski definition) is 2. The van der Waals surface area contributed by atoms with Gasteiger partial charge in [0.25, 0.3) is 0 Å². The molecule has 0 aliphatic rings. The van der Waals surface area contributed by atoms with Gasteiger partial charge in [0.15, 0.2) is 0 Å². The summed E-state index contributed by atoms with van der Waals surface area (Å²) in [5, 5.41) is 9.32. The van der Waals surface area contributed by atoms with Crippen LogP contribution in [0.1, 0.15) is 15.9 Å². The van der Waals surface area contributed by atoms with E-state index in [-0.39, 0.29) is 5.56 Å². The number of rotatable bonds is 5. The zero-order chi connectivity index (χ0) is 14.5. The van der Waals surface area contributed by atoms with Crippen molar-refractivity contribution >= 4 is 28.4 Å². The van der Waals surface area contributed by atoms with Crippen LogP contribution in [0.3, 0.4) is 0 Å². The van der Waals surface area contributed by atoms with Crippen molar-refractivity contribution in [3.8, 4) is 0 Å². The lowest BCUT2D eigenvalue weighted by Gasteiger charge is -2.05. The van der Waals surface area contributed by atoms with Gasteiger partial charge >= 0.3 is 5.97 Å². The summed E-state index contributed by atoms with van der Waals surface area (Å²) >= 11 is 6.00. The number of carbonyl (C=O) groups is 1. The zero-order valence-electron chi connectivity index (χ0n) is 10.6. The van der Waals surface area contributed by atoms with Crippen LogP contribution in [0.15, 0.2) is 53.4 Å². The molecular formula is C15H13ClO3S. The quantitative estimate of drug-likeness (QED) is 0.921. The van der Waals surface area contributed by atoms with Crippen molar-refractivity contribution < 1.29 is 14.1 Å². The first kappa shape index (κ1) is 14.8. The van der Waals surface area contributed by atoms with Crippen LogP contribution in [0.25, 0.3) is 0 Å². The van der Waals surface area contributed by atoms with Crippen molar-refractivity contribution in [1.29, 1.82) is 0 Å². The predicted molar refractivity (Wildman–Crippen MR) is 79.8 cm³/mol. The third-order valence-electron chi connectivity index (χ3n) is 2.86. The van der Waals surface area contributed by atoms with Gasteiger partial charge in [-0.05, 0) is 36.2 Å². The van der Waals surface area contributed by atoms with E-state index in [0.29, 0.717) is 22.1 Å². The molecular weight excluding hydrogens is 296 g/mol. The lowest BCUT2D eigenvalue weighted by molar-refractivity contribution is 0.0697. The molecule has 0 fully saturated rings. The van der Waals surface area contributed by atoms with Gasteiger partial charge < -0.3 is 5.11 Å². The summed E-state index contributed by atoms with van der Waals surface area (Å²) in [5.74, 6) is -0.493. The molecule has 1 atom stereocenters. The molecule has 104 valence electrons. The second-order valence-electron chi connectivity index (χ2n) is 4.23. The lowest BCUT2D eigenvalue weighted by atomic mass is 10.1. The summed E-state index contributed by atoms with van der Waals surface area (Å²) in [4.78, 5) is 11.4. The Labute approximate surface area is 124 Å². The Hall–Kier alpha value is -1.65. The fourth-order valence-corrected chi connectivity index (χ4v) is 3.31. The van der Waals surface area contributed by atoms with Crippen LogP contribution in [0, 0.1) is 0 Å². The van der Waals surface area contributed by atoms with Crippen LogP contribution < -0.4 is 0 Å². The Kier molecular flexibility index (Phi) is 4.93. The summed E-state index contributed by atoms with van der Waals surface area (Å²) in [6.07, 6.45) is 0.609. The van der Waals surface area contributed by atoms with Crippen LogP contribution in [-0.2, 0) is 17.2 Å².